The Balaban J connectivity index is 2.30. The molecule has 17 heavy (non-hydrogen) atoms. The van der Waals surface area contributed by atoms with E-state index in [1.807, 2.05) is 0 Å². The van der Waals surface area contributed by atoms with Gasteiger partial charge in [-0.3, -0.25) is 10.1 Å². The lowest BCUT2D eigenvalue weighted by Crippen LogP contribution is -1.95. The van der Waals surface area contributed by atoms with Crippen molar-refractivity contribution in [1.29, 1.82) is 0 Å². The average Bonchev–Trinajstić information content (AvgIpc) is 2.32. The number of benzene rings is 1. The number of nitrogen functional groups attached to an aromatic ring is 1. The van der Waals surface area contributed by atoms with Crippen LogP contribution in [0.4, 0.5) is 11.4 Å². The number of rotatable bonds is 3. The Morgan fingerprint density at radius 3 is 2.59 bits per heavy atom. The van der Waals surface area contributed by atoms with E-state index < -0.39 is 4.92 Å². The van der Waals surface area contributed by atoms with Crippen LogP contribution in [0.2, 0.25) is 0 Å². The predicted octanol–water partition coefficient (Wildman–Crippen LogP) is 2.36. The third-order valence-electron chi connectivity index (χ3n) is 2.04. The van der Waals surface area contributed by atoms with Gasteiger partial charge in [0.15, 0.2) is 0 Å². The summed E-state index contributed by atoms with van der Waals surface area (Å²) in [4.78, 5) is 14.0. The molecule has 0 aliphatic carbocycles. The molecule has 0 atom stereocenters. The molecular weight excluding hydrogens is 222 g/mol. The van der Waals surface area contributed by atoms with Gasteiger partial charge in [-0.05, 0) is 30.3 Å². The van der Waals surface area contributed by atoms with Gasteiger partial charge in [0.1, 0.15) is 5.75 Å². The van der Waals surface area contributed by atoms with Gasteiger partial charge in [-0.25, -0.2) is 4.98 Å². The molecule has 0 aliphatic heterocycles. The molecule has 86 valence electrons. The average molecular weight is 231 g/mol. The van der Waals surface area contributed by atoms with Crippen LogP contribution in [0.3, 0.4) is 0 Å². The highest BCUT2D eigenvalue weighted by Gasteiger charge is 2.16. The molecule has 0 radical (unpaired) electrons. The molecule has 0 bridgehead atoms. The second-order valence-electron chi connectivity index (χ2n) is 3.26. The first-order valence-electron chi connectivity index (χ1n) is 4.79. The van der Waals surface area contributed by atoms with Crippen molar-refractivity contribution >= 4 is 11.4 Å². The number of nitrogens with zero attached hydrogens (tertiary/aromatic N) is 2. The molecule has 0 aliphatic rings. The third kappa shape index (κ3) is 2.49. The molecule has 6 heteroatoms. The monoisotopic (exact) mass is 231 g/mol. The Morgan fingerprint density at radius 2 is 1.94 bits per heavy atom. The predicted molar refractivity (Wildman–Crippen MR) is 61.8 cm³/mol. The first kappa shape index (κ1) is 10.9. The van der Waals surface area contributed by atoms with E-state index >= 15 is 0 Å². The lowest BCUT2D eigenvalue weighted by molar-refractivity contribution is -0.386. The van der Waals surface area contributed by atoms with Crippen LogP contribution in [-0.4, -0.2) is 9.91 Å². The van der Waals surface area contributed by atoms with E-state index in [1.54, 1.807) is 24.3 Å². The van der Waals surface area contributed by atoms with E-state index in [0.717, 1.165) is 0 Å². The lowest BCUT2D eigenvalue weighted by Gasteiger charge is -2.04. The molecule has 0 saturated carbocycles. The standard InChI is InChI=1S/C11H9N3O3/c12-8-3-5-9(6-4-8)17-11-10(14(15)16)2-1-7-13-11/h1-7H,12H2. The fourth-order valence-corrected chi connectivity index (χ4v) is 1.25. The van der Waals surface area contributed by atoms with Crippen LogP contribution >= 0.6 is 0 Å². The zero-order chi connectivity index (χ0) is 12.3. The molecule has 0 saturated heterocycles. The van der Waals surface area contributed by atoms with Gasteiger partial charge < -0.3 is 10.5 Å². The van der Waals surface area contributed by atoms with Gasteiger partial charge in [0, 0.05) is 18.0 Å². The lowest BCUT2D eigenvalue weighted by atomic mass is 10.3. The summed E-state index contributed by atoms with van der Waals surface area (Å²) in [6, 6.07) is 9.34. The quantitative estimate of drug-likeness (QED) is 0.497. The number of aromatic nitrogens is 1. The Bertz CT molecular complexity index is 540. The second-order valence-corrected chi connectivity index (χ2v) is 3.26. The summed E-state index contributed by atoms with van der Waals surface area (Å²) in [7, 11) is 0. The molecule has 2 aromatic rings. The van der Waals surface area contributed by atoms with E-state index in [2.05, 4.69) is 4.98 Å². The van der Waals surface area contributed by atoms with Gasteiger partial charge in [-0.15, -0.1) is 0 Å². The van der Waals surface area contributed by atoms with Crippen LogP contribution in [0.25, 0.3) is 0 Å². The summed E-state index contributed by atoms with van der Waals surface area (Å²) in [5, 5.41) is 10.7. The summed E-state index contributed by atoms with van der Waals surface area (Å²) >= 11 is 0. The van der Waals surface area contributed by atoms with Crippen LogP contribution in [0.1, 0.15) is 0 Å². The number of nitrogens with two attached hydrogens (primary N) is 1. The number of pyridine rings is 1. The third-order valence-corrected chi connectivity index (χ3v) is 2.04. The fourth-order valence-electron chi connectivity index (χ4n) is 1.25. The minimum absolute atomic E-state index is 0.0396. The Kier molecular flexibility index (Phi) is 2.87. The highest BCUT2D eigenvalue weighted by Crippen LogP contribution is 2.28. The summed E-state index contributed by atoms with van der Waals surface area (Å²) < 4.78 is 5.32. The van der Waals surface area contributed by atoms with Crippen molar-refractivity contribution in [3.63, 3.8) is 0 Å². The number of ether oxygens (including phenoxy) is 1. The Hall–Kier alpha value is -2.63. The highest BCUT2D eigenvalue weighted by molar-refractivity contribution is 5.46. The minimum Gasteiger partial charge on any atom is -0.434 e. The Labute approximate surface area is 96.8 Å². The largest absolute Gasteiger partial charge is 0.434 e. The van der Waals surface area contributed by atoms with Crippen LogP contribution in [-0.2, 0) is 0 Å². The first-order valence-corrected chi connectivity index (χ1v) is 4.79. The minimum atomic E-state index is -0.542. The maximum atomic E-state index is 10.7. The zero-order valence-electron chi connectivity index (χ0n) is 8.74. The van der Waals surface area contributed by atoms with Gasteiger partial charge in [-0.1, -0.05) is 0 Å². The molecule has 0 unspecified atom stereocenters. The SMILES string of the molecule is Nc1ccc(Oc2ncccc2[N+](=O)[O-])cc1. The molecule has 0 fully saturated rings. The summed E-state index contributed by atoms with van der Waals surface area (Å²) in [5.41, 5.74) is 5.93. The maximum Gasteiger partial charge on any atom is 0.331 e. The van der Waals surface area contributed by atoms with E-state index in [0.29, 0.717) is 11.4 Å². The number of hydrogen-bond acceptors (Lipinski definition) is 5. The normalized spacial score (nSPS) is 9.88. The van der Waals surface area contributed by atoms with Crippen molar-refractivity contribution < 1.29 is 9.66 Å². The smallest absolute Gasteiger partial charge is 0.331 e. The van der Waals surface area contributed by atoms with E-state index in [-0.39, 0.29) is 11.6 Å². The van der Waals surface area contributed by atoms with Gasteiger partial charge >= 0.3 is 5.69 Å². The van der Waals surface area contributed by atoms with E-state index in [4.69, 9.17) is 10.5 Å². The molecule has 1 aromatic heterocycles. The van der Waals surface area contributed by atoms with Crippen LogP contribution in [0.15, 0.2) is 42.6 Å². The topological polar surface area (TPSA) is 91.3 Å². The molecule has 6 nitrogen and oxygen atoms in total. The van der Waals surface area contributed by atoms with Crippen LogP contribution in [0.5, 0.6) is 11.6 Å². The summed E-state index contributed by atoms with van der Waals surface area (Å²) in [6.07, 6.45) is 1.43. The van der Waals surface area contributed by atoms with Gasteiger partial charge in [0.05, 0.1) is 4.92 Å². The van der Waals surface area contributed by atoms with Crippen molar-refractivity contribution in [2.75, 3.05) is 5.73 Å². The molecule has 0 spiro atoms. The van der Waals surface area contributed by atoms with Crippen LogP contribution in [0, 0.1) is 10.1 Å². The molecule has 0 amide bonds. The molecule has 1 heterocycles. The van der Waals surface area contributed by atoms with E-state index in [1.165, 1.54) is 18.3 Å². The van der Waals surface area contributed by atoms with Crippen molar-refractivity contribution in [1.82, 2.24) is 4.98 Å². The second kappa shape index (κ2) is 4.48. The number of anilines is 1. The molecule has 2 N–H and O–H groups in total. The molecule has 1 aromatic carbocycles. The summed E-state index contributed by atoms with van der Waals surface area (Å²) in [5.74, 6) is 0.406. The highest BCUT2D eigenvalue weighted by atomic mass is 16.6. The number of hydrogen-bond donors (Lipinski definition) is 1. The summed E-state index contributed by atoms with van der Waals surface area (Å²) in [6.45, 7) is 0. The van der Waals surface area contributed by atoms with Crippen molar-refractivity contribution in [2.24, 2.45) is 0 Å². The number of nitro groups is 1. The molecular formula is C11H9N3O3. The maximum absolute atomic E-state index is 10.7. The van der Waals surface area contributed by atoms with Gasteiger partial charge in [-0.2, -0.15) is 0 Å². The van der Waals surface area contributed by atoms with Crippen LogP contribution < -0.4 is 10.5 Å². The van der Waals surface area contributed by atoms with Gasteiger partial charge in [0.25, 0.3) is 5.88 Å². The van der Waals surface area contributed by atoms with Gasteiger partial charge in [0.2, 0.25) is 0 Å². The van der Waals surface area contributed by atoms with E-state index in [9.17, 15) is 10.1 Å². The first-order chi connectivity index (χ1) is 8.16. The fraction of sp³-hybridized carbons (Fsp3) is 0. The molecule has 2 rings (SSSR count). The van der Waals surface area contributed by atoms with Crippen molar-refractivity contribution in [3.8, 4) is 11.6 Å². The Morgan fingerprint density at radius 1 is 1.24 bits per heavy atom. The zero-order valence-corrected chi connectivity index (χ0v) is 8.74. The van der Waals surface area contributed by atoms with Crippen molar-refractivity contribution in [2.45, 2.75) is 0 Å². The van der Waals surface area contributed by atoms with Crippen molar-refractivity contribution in [3.05, 3.63) is 52.7 Å².